The Hall–Kier alpha value is -1.86. The Bertz CT molecular complexity index is 438. The van der Waals surface area contributed by atoms with Crippen molar-refractivity contribution in [2.45, 2.75) is 19.4 Å². The van der Waals surface area contributed by atoms with Crippen molar-refractivity contribution in [1.29, 1.82) is 5.26 Å². The van der Waals surface area contributed by atoms with Gasteiger partial charge in [0.2, 0.25) is 0 Å². The molecule has 1 aliphatic heterocycles. The molecule has 2 rings (SSSR count). The van der Waals surface area contributed by atoms with Crippen molar-refractivity contribution in [3.63, 3.8) is 0 Å². The van der Waals surface area contributed by atoms with Crippen LogP contribution < -0.4 is 5.43 Å². The first-order valence-corrected chi connectivity index (χ1v) is 5.75. The van der Waals surface area contributed by atoms with Gasteiger partial charge in [-0.05, 0) is 24.5 Å². The van der Waals surface area contributed by atoms with Crippen LogP contribution in [0.5, 0.6) is 0 Å². The van der Waals surface area contributed by atoms with Gasteiger partial charge in [0, 0.05) is 12.1 Å². The second-order valence-electron chi connectivity index (χ2n) is 4.32. The van der Waals surface area contributed by atoms with Crippen LogP contribution in [0.3, 0.4) is 0 Å². The molecular weight excluding hydrogens is 214 g/mol. The average Bonchev–Trinajstić information content (AvgIpc) is 2.39. The average molecular weight is 229 g/mol. The number of rotatable bonds is 1. The van der Waals surface area contributed by atoms with E-state index >= 15 is 0 Å². The molecule has 1 amide bonds. The van der Waals surface area contributed by atoms with Crippen molar-refractivity contribution in [3.05, 3.63) is 35.9 Å². The number of amides is 1. The summed E-state index contributed by atoms with van der Waals surface area (Å²) in [4.78, 5) is 12.1. The highest BCUT2D eigenvalue weighted by molar-refractivity contribution is 5.93. The topological polar surface area (TPSA) is 56.1 Å². The Morgan fingerprint density at radius 2 is 2.18 bits per heavy atom. The summed E-state index contributed by atoms with van der Waals surface area (Å²) in [6.07, 6.45) is 0.851. The highest BCUT2D eigenvalue weighted by Crippen LogP contribution is 2.16. The number of nitrogens with zero attached hydrogens (tertiary/aromatic N) is 2. The van der Waals surface area contributed by atoms with E-state index in [0.29, 0.717) is 12.1 Å². The van der Waals surface area contributed by atoms with E-state index in [1.807, 2.05) is 25.1 Å². The number of hydrogen-bond acceptors (Lipinski definition) is 3. The third-order valence-corrected chi connectivity index (χ3v) is 3.08. The SMILES string of the molecule is CC1CCN(C(=O)c2ccccc2)NC1C#N. The molecule has 88 valence electrons. The van der Waals surface area contributed by atoms with Gasteiger partial charge in [0.05, 0.1) is 6.07 Å². The van der Waals surface area contributed by atoms with E-state index in [-0.39, 0.29) is 17.9 Å². The van der Waals surface area contributed by atoms with Crippen LogP contribution in [0, 0.1) is 17.2 Å². The van der Waals surface area contributed by atoms with E-state index in [4.69, 9.17) is 5.26 Å². The monoisotopic (exact) mass is 229 g/mol. The Labute approximate surface area is 101 Å². The molecule has 0 radical (unpaired) electrons. The van der Waals surface area contributed by atoms with E-state index in [1.54, 1.807) is 17.1 Å². The molecule has 1 aromatic rings. The Morgan fingerprint density at radius 1 is 1.47 bits per heavy atom. The zero-order valence-corrected chi connectivity index (χ0v) is 9.76. The van der Waals surface area contributed by atoms with Crippen molar-refractivity contribution >= 4 is 5.91 Å². The Morgan fingerprint density at radius 3 is 2.82 bits per heavy atom. The van der Waals surface area contributed by atoms with Gasteiger partial charge in [-0.25, -0.2) is 5.43 Å². The van der Waals surface area contributed by atoms with Gasteiger partial charge in [0.15, 0.2) is 0 Å². The fourth-order valence-electron chi connectivity index (χ4n) is 1.91. The lowest BCUT2D eigenvalue weighted by Gasteiger charge is -2.34. The molecular formula is C13H15N3O. The van der Waals surface area contributed by atoms with Gasteiger partial charge in [0.25, 0.3) is 5.91 Å². The summed E-state index contributed by atoms with van der Waals surface area (Å²) in [6, 6.07) is 11.0. The number of nitriles is 1. The predicted molar refractivity (Wildman–Crippen MR) is 63.8 cm³/mol. The quantitative estimate of drug-likeness (QED) is 0.795. The molecule has 1 aliphatic rings. The van der Waals surface area contributed by atoms with Crippen LogP contribution in [0.25, 0.3) is 0 Å². The van der Waals surface area contributed by atoms with E-state index < -0.39 is 0 Å². The third kappa shape index (κ3) is 2.45. The van der Waals surface area contributed by atoms with Gasteiger partial charge >= 0.3 is 0 Å². The summed E-state index contributed by atoms with van der Waals surface area (Å²) in [5.41, 5.74) is 3.62. The van der Waals surface area contributed by atoms with E-state index in [9.17, 15) is 4.79 Å². The standard InChI is InChI=1S/C13H15N3O/c1-10-7-8-16(15-12(10)9-14)13(17)11-5-3-2-4-6-11/h2-6,10,12,15H,7-8H2,1H3. The van der Waals surface area contributed by atoms with Crippen LogP contribution >= 0.6 is 0 Å². The predicted octanol–water partition coefficient (Wildman–Crippen LogP) is 1.57. The molecule has 1 saturated heterocycles. The van der Waals surface area contributed by atoms with Gasteiger partial charge in [0.1, 0.15) is 6.04 Å². The summed E-state index contributed by atoms with van der Waals surface area (Å²) in [6.45, 7) is 2.66. The second-order valence-corrected chi connectivity index (χ2v) is 4.32. The molecule has 2 atom stereocenters. The molecule has 17 heavy (non-hydrogen) atoms. The molecule has 0 aliphatic carbocycles. The normalized spacial score (nSPS) is 24.1. The first kappa shape index (κ1) is 11.6. The minimum Gasteiger partial charge on any atom is -0.273 e. The largest absolute Gasteiger partial charge is 0.273 e. The summed E-state index contributed by atoms with van der Waals surface area (Å²) in [5, 5.41) is 10.5. The van der Waals surface area contributed by atoms with Crippen molar-refractivity contribution in [3.8, 4) is 6.07 Å². The summed E-state index contributed by atoms with van der Waals surface area (Å²) < 4.78 is 0. The fraction of sp³-hybridized carbons (Fsp3) is 0.385. The zero-order chi connectivity index (χ0) is 12.3. The smallest absolute Gasteiger partial charge is 0.267 e. The van der Waals surface area contributed by atoms with Gasteiger partial charge in [-0.2, -0.15) is 5.26 Å². The lowest BCUT2D eigenvalue weighted by molar-refractivity contribution is 0.0508. The highest BCUT2D eigenvalue weighted by Gasteiger charge is 2.28. The zero-order valence-electron chi connectivity index (χ0n) is 9.76. The number of carbonyl (C=O) groups is 1. The van der Waals surface area contributed by atoms with E-state index in [0.717, 1.165) is 6.42 Å². The van der Waals surface area contributed by atoms with Gasteiger partial charge in [-0.15, -0.1) is 0 Å². The highest BCUT2D eigenvalue weighted by atomic mass is 16.2. The maximum absolute atomic E-state index is 12.1. The van der Waals surface area contributed by atoms with E-state index in [2.05, 4.69) is 11.5 Å². The third-order valence-electron chi connectivity index (χ3n) is 3.08. The lowest BCUT2D eigenvalue weighted by atomic mass is 9.97. The van der Waals surface area contributed by atoms with Crippen LogP contribution in [-0.2, 0) is 0 Å². The maximum Gasteiger partial charge on any atom is 0.267 e. The molecule has 1 fully saturated rings. The molecule has 0 spiro atoms. The van der Waals surface area contributed by atoms with Crippen molar-refractivity contribution < 1.29 is 4.79 Å². The molecule has 2 unspecified atom stereocenters. The molecule has 4 nitrogen and oxygen atoms in total. The molecule has 1 N–H and O–H groups in total. The second kappa shape index (κ2) is 4.98. The van der Waals surface area contributed by atoms with Crippen molar-refractivity contribution in [1.82, 2.24) is 10.4 Å². The van der Waals surface area contributed by atoms with Gasteiger partial charge in [-0.3, -0.25) is 9.80 Å². The summed E-state index contributed by atoms with van der Waals surface area (Å²) in [5.74, 6) is 0.206. The van der Waals surface area contributed by atoms with Crippen LogP contribution in [0.1, 0.15) is 23.7 Å². The first-order valence-electron chi connectivity index (χ1n) is 5.75. The number of hydrazine groups is 1. The molecule has 0 bridgehead atoms. The molecule has 1 aromatic carbocycles. The molecule has 1 heterocycles. The van der Waals surface area contributed by atoms with Crippen LogP contribution in [0.4, 0.5) is 0 Å². The minimum atomic E-state index is -0.281. The fourth-order valence-corrected chi connectivity index (χ4v) is 1.91. The Balaban J connectivity index is 2.09. The van der Waals surface area contributed by atoms with Gasteiger partial charge in [-0.1, -0.05) is 25.1 Å². The van der Waals surface area contributed by atoms with Gasteiger partial charge < -0.3 is 0 Å². The number of nitrogens with one attached hydrogen (secondary N) is 1. The minimum absolute atomic E-state index is 0.0715. The number of carbonyl (C=O) groups excluding carboxylic acids is 1. The summed E-state index contributed by atoms with van der Waals surface area (Å²) in [7, 11) is 0. The van der Waals surface area contributed by atoms with Crippen LogP contribution in [0.2, 0.25) is 0 Å². The molecule has 0 aromatic heterocycles. The lowest BCUT2D eigenvalue weighted by Crippen LogP contribution is -2.54. The summed E-state index contributed by atoms with van der Waals surface area (Å²) >= 11 is 0. The molecule has 0 saturated carbocycles. The number of benzene rings is 1. The first-order chi connectivity index (χ1) is 8.22. The van der Waals surface area contributed by atoms with Crippen molar-refractivity contribution in [2.75, 3.05) is 6.54 Å². The Kier molecular flexibility index (Phi) is 3.40. The molecule has 4 heteroatoms. The van der Waals surface area contributed by atoms with E-state index in [1.165, 1.54) is 0 Å². The number of hydrogen-bond donors (Lipinski definition) is 1. The maximum atomic E-state index is 12.1. The van der Waals surface area contributed by atoms with Crippen LogP contribution in [0.15, 0.2) is 30.3 Å². The van der Waals surface area contributed by atoms with Crippen LogP contribution in [-0.4, -0.2) is 23.5 Å². The van der Waals surface area contributed by atoms with Crippen molar-refractivity contribution in [2.24, 2.45) is 5.92 Å².